The first-order chi connectivity index (χ1) is 17.2. The van der Waals surface area contributed by atoms with Crippen molar-refractivity contribution < 1.29 is 37.7 Å². The number of aromatic carboxylic acids is 1. The quantitative estimate of drug-likeness (QED) is 0.446. The van der Waals surface area contributed by atoms with Gasteiger partial charge in [0.1, 0.15) is 17.1 Å². The van der Waals surface area contributed by atoms with Gasteiger partial charge in [-0.05, 0) is 18.9 Å². The number of carboxylic acids is 1. The van der Waals surface area contributed by atoms with Gasteiger partial charge in [-0.3, -0.25) is 9.59 Å². The van der Waals surface area contributed by atoms with E-state index in [0.29, 0.717) is 18.5 Å². The van der Waals surface area contributed by atoms with Crippen molar-refractivity contribution in [3.63, 3.8) is 0 Å². The highest BCUT2D eigenvalue weighted by atomic mass is 19.1. The van der Waals surface area contributed by atoms with Crippen LogP contribution in [0.5, 0.6) is 0 Å². The minimum atomic E-state index is -1.46. The van der Waals surface area contributed by atoms with Crippen LogP contribution in [0.1, 0.15) is 35.7 Å². The van der Waals surface area contributed by atoms with E-state index in [9.17, 15) is 24.3 Å². The van der Waals surface area contributed by atoms with E-state index in [4.69, 9.17) is 0 Å². The smallest absolute Gasteiger partial charge is 0.341 e. The second kappa shape index (κ2) is 9.96. The van der Waals surface area contributed by atoms with Crippen molar-refractivity contribution in [2.75, 3.05) is 45.3 Å². The van der Waals surface area contributed by atoms with Crippen molar-refractivity contribution in [3.05, 3.63) is 51.5 Å². The number of rotatable bonds is 7. The maximum absolute atomic E-state index is 15.8. The molecule has 1 aromatic heterocycles. The Morgan fingerprint density at radius 2 is 1.78 bits per heavy atom. The Morgan fingerprint density at radius 3 is 2.33 bits per heavy atom. The number of aromatic nitrogens is 1. The van der Waals surface area contributed by atoms with Gasteiger partial charge in [-0.15, -0.1) is 0 Å². The molecular weight excluding hydrogens is 480 g/mol. The molecule has 1 saturated carbocycles. The minimum Gasteiger partial charge on any atom is -0.477 e. The van der Waals surface area contributed by atoms with Crippen molar-refractivity contribution in [2.24, 2.45) is 0 Å². The first-order valence-corrected chi connectivity index (χ1v) is 11.3. The summed E-state index contributed by atoms with van der Waals surface area (Å²) in [6.07, 6.45) is 3.51. The van der Waals surface area contributed by atoms with Crippen LogP contribution in [-0.2, 0) is 19.1 Å². The summed E-state index contributed by atoms with van der Waals surface area (Å²) in [5, 5.41) is 9.06. The molecule has 12 heteroatoms. The lowest BCUT2D eigenvalue weighted by atomic mass is 10.1. The van der Waals surface area contributed by atoms with Crippen LogP contribution in [0.15, 0.2) is 28.8 Å². The van der Waals surface area contributed by atoms with Gasteiger partial charge in [0.2, 0.25) is 5.43 Å². The Morgan fingerprint density at radius 1 is 1.11 bits per heavy atom. The summed E-state index contributed by atoms with van der Waals surface area (Å²) >= 11 is 0. The number of ether oxygens (including phenoxy) is 2. The zero-order chi connectivity index (χ0) is 26.1. The zero-order valence-electron chi connectivity index (χ0n) is 19.8. The van der Waals surface area contributed by atoms with Gasteiger partial charge >= 0.3 is 17.9 Å². The van der Waals surface area contributed by atoms with Crippen LogP contribution in [0.4, 0.5) is 14.5 Å². The molecule has 0 atom stereocenters. The third-order valence-electron chi connectivity index (χ3n) is 6.40. The number of hydrogen-bond acceptors (Lipinski definition) is 8. The highest BCUT2D eigenvalue weighted by Gasteiger charge is 2.32. The molecule has 36 heavy (non-hydrogen) atoms. The molecule has 1 aromatic carbocycles. The number of carbonyl (C=O) groups is 3. The van der Waals surface area contributed by atoms with E-state index >= 15 is 8.78 Å². The van der Waals surface area contributed by atoms with Gasteiger partial charge in [0, 0.05) is 50.2 Å². The normalized spacial score (nSPS) is 16.3. The summed E-state index contributed by atoms with van der Waals surface area (Å²) in [5.41, 5.74) is -1.56. The van der Waals surface area contributed by atoms with Gasteiger partial charge < -0.3 is 28.9 Å². The van der Waals surface area contributed by atoms with Gasteiger partial charge in [0.25, 0.3) is 0 Å². The van der Waals surface area contributed by atoms with Gasteiger partial charge in [-0.1, -0.05) is 0 Å². The van der Waals surface area contributed by atoms with E-state index in [0.717, 1.165) is 12.3 Å². The Labute approximate surface area is 204 Å². The monoisotopic (exact) mass is 505 g/mol. The first-order valence-electron chi connectivity index (χ1n) is 11.3. The molecule has 2 aliphatic rings. The molecule has 4 rings (SSSR count). The van der Waals surface area contributed by atoms with Crippen molar-refractivity contribution in [1.29, 1.82) is 0 Å². The highest BCUT2D eigenvalue weighted by Crippen LogP contribution is 2.39. The van der Waals surface area contributed by atoms with E-state index in [1.165, 1.54) is 29.8 Å². The summed E-state index contributed by atoms with van der Waals surface area (Å²) in [6, 6.07) is 0.730. The fourth-order valence-corrected chi connectivity index (χ4v) is 4.40. The molecule has 2 fully saturated rings. The van der Waals surface area contributed by atoms with Crippen LogP contribution in [0.2, 0.25) is 0 Å². The standard InChI is InChI=1S/C24H25F2N3O7/c1-35-18(30)9-14(10-19(31)36-2)27-5-7-28(8-6-27)22-17(25)11-15-21(20(22)26)29(13-3-4-13)12-16(23(15)32)24(33)34/h9,11-13H,3-8,10H2,1-2H3,(H,33,34). The molecule has 1 N–H and O–H groups in total. The molecule has 1 aliphatic heterocycles. The molecule has 1 aliphatic carbocycles. The Hall–Kier alpha value is -3.96. The average Bonchev–Trinajstić information content (AvgIpc) is 3.69. The third kappa shape index (κ3) is 4.75. The summed E-state index contributed by atoms with van der Waals surface area (Å²) in [4.78, 5) is 51.0. The van der Waals surface area contributed by atoms with E-state index in [-0.39, 0.29) is 55.2 Å². The number of anilines is 1. The van der Waals surface area contributed by atoms with E-state index in [2.05, 4.69) is 9.47 Å². The SMILES string of the molecule is COC(=O)C=C(CC(=O)OC)N1CCN(c2c(F)cc3c(=O)c(C(=O)O)cn(C4CC4)c3c2F)CC1. The van der Waals surface area contributed by atoms with Crippen LogP contribution in [0.25, 0.3) is 10.9 Å². The van der Waals surface area contributed by atoms with Crippen molar-refractivity contribution in [3.8, 4) is 0 Å². The molecule has 0 radical (unpaired) electrons. The summed E-state index contributed by atoms with van der Waals surface area (Å²) in [7, 11) is 2.43. The van der Waals surface area contributed by atoms with Crippen LogP contribution < -0.4 is 10.3 Å². The van der Waals surface area contributed by atoms with Crippen LogP contribution in [0, 0.1) is 11.6 Å². The van der Waals surface area contributed by atoms with Gasteiger partial charge in [-0.2, -0.15) is 0 Å². The van der Waals surface area contributed by atoms with Crippen LogP contribution in [-0.4, -0.2) is 72.9 Å². The molecule has 0 bridgehead atoms. The fourth-order valence-electron chi connectivity index (χ4n) is 4.40. The third-order valence-corrected chi connectivity index (χ3v) is 6.40. The number of piperazine rings is 1. The molecule has 192 valence electrons. The lowest BCUT2D eigenvalue weighted by molar-refractivity contribution is -0.140. The number of fused-ring (bicyclic) bond motifs is 1. The minimum absolute atomic E-state index is 0.122. The number of nitrogens with zero attached hydrogens (tertiary/aromatic N) is 3. The summed E-state index contributed by atoms with van der Waals surface area (Å²) < 4.78 is 41.8. The average molecular weight is 505 g/mol. The Balaban J connectivity index is 1.68. The molecular formula is C24H25F2N3O7. The van der Waals surface area contributed by atoms with E-state index in [1.807, 2.05) is 0 Å². The summed E-state index contributed by atoms with van der Waals surface area (Å²) in [5.74, 6) is -4.57. The second-order valence-corrected chi connectivity index (χ2v) is 8.62. The Bertz CT molecular complexity index is 1330. The molecule has 0 unspecified atom stereocenters. The topological polar surface area (TPSA) is 118 Å². The fraction of sp³-hybridized carbons (Fsp3) is 0.417. The largest absolute Gasteiger partial charge is 0.477 e. The summed E-state index contributed by atoms with van der Waals surface area (Å²) in [6.45, 7) is 0.786. The maximum atomic E-state index is 15.8. The van der Waals surface area contributed by atoms with Crippen molar-refractivity contribution in [1.82, 2.24) is 9.47 Å². The lowest BCUT2D eigenvalue weighted by Gasteiger charge is -2.38. The van der Waals surface area contributed by atoms with Gasteiger partial charge in [0.05, 0.1) is 31.5 Å². The molecule has 2 aromatic rings. The molecule has 1 saturated heterocycles. The molecule has 10 nitrogen and oxygen atoms in total. The molecule has 0 spiro atoms. The number of carboxylic acid groups (broad SMARTS) is 1. The van der Waals surface area contributed by atoms with Crippen LogP contribution >= 0.6 is 0 Å². The number of esters is 2. The predicted octanol–water partition coefficient (Wildman–Crippen LogP) is 2.05. The van der Waals surface area contributed by atoms with Gasteiger partial charge in [-0.25, -0.2) is 18.4 Å². The number of methoxy groups -OCH3 is 2. The zero-order valence-corrected chi connectivity index (χ0v) is 19.8. The second-order valence-electron chi connectivity index (χ2n) is 8.62. The number of benzene rings is 1. The maximum Gasteiger partial charge on any atom is 0.341 e. The number of pyridine rings is 1. The van der Waals surface area contributed by atoms with E-state index in [1.54, 1.807) is 4.90 Å². The van der Waals surface area contributed by atoms with Crippen molar-refractivity contribution >= 4 is 34.5 Å². The van der Waals surface area contributed by atoms with Crippen molar-refractivity contribution in [2.45, 2.75) is 25.3 Å². The highest BCUT2D eigenvalue weighted by molar-refractivity contribution is 5.94. The molecule has 2 heterocycles. The number of halogens is 2. The van der Waals surface area contributed by atoms with Crippen LogP contribution in [0.3, 0.4) is 0 Å². The molecule has 0 amide bonds. The number of hydrogen-bond donors (Lipinski definition) is 1. The predicted molar refractivity (Wildman–Crippen MR) is 124 cm³/mol. The first kappa shape index (κ1) is 25.1. The lowest BCUT2D eigenvalue weighted by Crippen LogP contribution is -2.47. The Kier molecular flexibility index (Phi) is 6.95. The van der Waals surface area contributed by atoms with Gasteiger partial charge in [0.15, 0.2) is 5.82 Å². The number of carbonyl (C=O) groups excluding carboxylic acids is 2. The van der Waals surface area contributed by atoms with E-state index < -0.39 is 40.5 Å².